The molecule has 0 aliphatic heterocycles. The quantitative estimate of drug-likeness (QED) is 0.756. The largest absolute Gasteiger partial charge is 0.478 e. The van der Waals surface area contributed by atoms with Crippen LogP contribution in [0.4, 0.5) is 4.39 Å². The lowest BCUT2D eigenvalue weighted by Gasteiger charge is -2.20. The molecule has 1 heterocycles. The number of carboxylic acids is 1. The molecule has 1 unspecified atom stereocenters. The van der Waals surface area contributed by atoms with Crippen molar-refractivity contribution in [2.75, 3.05) is 6.61 Å². The van der Waals surface area contributed by atoms with Crippen LogP contribution < -0.4 is 0 Å². The Morgan fingerprint density at radius 3 is 2.54 bits per heavy atom. The number of aliphatic hydroxyl groups excluding tert-OH is 1. The van der Waals surface area contributed by atoms with Crippen LogP contribution in [-0.4, -0.2) is 32.3 Å². The summed E-state index contributed by atoms with van der Waals surface area (Å²) >= 11 is 0. The van der Waals surface area contributed by atoms with Gasteiger partial charge in [0.1, 0.15) is 11.6 Å². The van der Waals surface area contributed by atoms with Crippen molar-refractivity contribution in [1.82, 2.24) is 9.55 Å². The van der Waals surface area contributed by atoms with Crippen molar-refractivity contribution in [3.8, 4) is 11.4 Å². The van der Waals surface area contributed by atoms with Crippen LogP contribution in [0, 0.1) is 5.82 Å². The zero-order chi connectivity index (χ0) is 17.1. The van der Waals surface area contributed by atoms with E-state index in [2.05, 4.69) is 4.98 Å². The fraction of sp³-hybridized carbons (Fsp3) is 0.111. The van der Waals surface area contributed by atoms with E-state index < -0.39 is 12.0 Å². The zero-order valence-corrected chi connectivity index (χ0v) is 12.6. The first-order valence-electron chi connectivity index (χ1n) is 7.33. The maximum Gasteiger partial charge on any atom is 0.336 e. The van der Waals surface area contributed by atoms with Crippen molar-refractivity contribution in [3.05, 3.63) is 77.9 Å². The van der Waals surface area contributed by atoms with Gasteiger partial charge in [0.25, 0.3) is 0 Å². The summed E-state index contributed by atoms with van der Waals surface area (Å²) in [5, 5.41) is 19.2. The average Bonchev–Trinajstić information content (AvgIpc) is 3.06. The van der Waals surface area contributed by atoms with Gasteiger partial charge in [-0.25, -0.2) is 14.2 Å². The summed E-state index contributed by atoms with van der Waals surface area (Å²) in [7, 11) is 0. The van der Waals surface area contributed by atoms with Crippen LogP contribution in [0.25, 0.3) is 11.4 Å². The highest BCUT2D eigenvalue weighted by Gasteiger charge is 2.20. The van der Waals surface area contributed by atoms with Crippen LogP contribution in [-0.2, 0) is 0 Å². The van der Waals surface area contributed by atoms with Gasteiger partial charge in [0.15, 0.2) is 0 Å². The standard InChI is InChI=1S/C18H15FN2O3/c19-13-7-5-12(6-8-13)16(11-22)21-10-9-20-17(21)14-3-1-2-4-15(14)18(23)24/h1-10,16,22H,11H2,(H,23,24). The number of aliphatic hydroxyl groups is 1. The molecule has 0 radical (unpaired) electrons. The molecule has 3 aromatic rings. The Kier molecular flexibility index (Phi) is 4.39. The van der Waals surface area contributed by atoms with Gasteiger partial charge in [-0.2, -0.15) is 0 Å². The highest BCUT2D eigenvalue weighted by Crippen LogP contribution is 2.28. The van der Waals surface area contributed by atoms with E-state index in [0.717, 1.165) is 0 Å². The molecule has 0 saturated heterocycles. The van der Waals surface area contributed by atoms with Gasteiger partial charge in [-0.15, -0.1) is 0 Å². The fourth-order valence-electron chi connectivity index (χ4n) is 2.68. The minimum Gasteiger partial charge on any atom is -0.478 e. The first-order chi connectivity index (χ1) is 11.6. The topological polar surface area (TPSA) is 75.3 Å². The van der Waals surface area contributed by atoms with E-state index in [0.29, 0.717) is 17.0 Å². The maximum absolute atomic E-state index is 13.1. The molecule has 1 aromatic heterocycles. The van der Waals surface area contributed by atoms with Crippen molar-refractivity contribution >= 4 is 5.97 Å². The Labute approximate surface area is 137 Å². The van der Waals surface area contributed by atoms with Crippen LogP contribution in [0.15, 0.2) is 60.9 Å². The molecule has 0 fully saturated rings. The molecular weight excluding hydrogens is 311 g/mol. The molecule has 0 aliphatic carbocycles. The molecule has 6 heteroatoms. The van der Waals surface area contributed by atoms with Crippen LogP contribution in [0.5, 0.6) is 0 Å². The molecule has 122 valence electrons. The van der Waals surface area contributed by atoms with E-state index >= 15 is 0 Å². The van der Waals surface area contributed by atoms with Crippen LogP contribution in [0.1, 0.15) is 22.0 Å². The summed E-state index contributed by atoms with van der Waals surface area (Å²) in [6.45, 7) is -0.232. The lowest BCUT2D eigenvalue weighted by Crippen LogP contribution is -2.16. The van der Waals surface area contributed by atoms with Gasteiger partial charge in [-0.1, -0.05) is 30.3 Å². The molecule has 1 atom stereocenters. The maximum atomic E-state index is 13.1. The molecule has 0 bridgehead atoms. The minimum absolute atomic E-state index is 0.126. The van der Waals surface area contributed by atoms with Gasteiger partial charge in [0, 0.05) is 18.0 Å². The Morgan fingerprint density at radius 1 is 1.17 bits per heavy atom. The number of aromatic nitrogens is 2. The van der Waals surface area contributed by atoms with Crippen LogP contribution in [0.3, 0.4) is 0 Å². The Hall–Kier alpha value is -2.99. The molecular formula is C18H15FN2O3. The molecule has 0 amide bonds. The van der Waals surface area contributed by atoms with E-state index in [-0.39, 0.29) is 18.0 Å². The van der Waals surface area contributed by atoms with Gasteiger partial charge in [0.05, 0.1) is 18.2 Å². The molecule has 5 nitrogen and oxygen atoms in total. The highest BCUT2D eigenvalue weighted by molar-refractivity contribution is 5.95. The number of carbonyl (C=O) groups is 1. The smallest absolute Gasteiger partial charge is 0.336 e. The Bertz CT molecular complexity index is 859. The fourth-order valence-corrected chi connectivity index (χ4v) is 2.68. The third kappa shape index (κ3) is 2.91. The van der Waals surface area contributed by atoms with Gasteiger partial charge >= 0.3 is 5.97 Å². The van der Waals surface area contributed by atoms with Crippen molar-refractivity contribution in [3.63, 3.8) is 0 Å². The molecule has 0 spiro atoms. The van der Waals surface area contributed by atoms with Gasteiger partial charge < -0.3 is 14.8 Å². The predicted octanol–water partition coefficient (Wildman–Crippen LogP) is 2.97. The van der Waals surface area contributed by atoms with Gasteiger partial charge in [-0.05, 0) is 23.8 Å². The summed E-state index contributed by atoms with van der Waals surface area (Å²) in [5.41, 5.74) is 1.28. The average molecular weight is 326 g/mol. The minimum atomic E-state index is -1.05. The second-order valence-corrected chi connectivity index (χ2v) is 5.26. The van der Waals surface area contributed by atoms with Crippen LogP contribution in [0.2, 0.25) is 0 Å². The lowest BCUT2D eigenvalue weighted by atomic mass is 10.0. The first-order valence-corrected chi connectivity index (χ1v) is 7.33. The molecule has 0 saturated carbocycles. The summed E-state index contributed by atoms with van der Waals surface area (Å²) < 4.78 is 14.8. The molecule has 0 aliphatic rings. The van der Waals surface area contributed by atoms with Gasteiger partial charge in [-0.3, -0.25) is 0 Å². The normalized spacial score (nSPS) is 12.1. The van der Waals surface area contributed by atoms with Crippen molar-refractivity contribution in [2.24, 2.45) is 0 Å². The number of imidazole rings is 1. The zero-order valence-electron chi connectivity index (χ0n) is 12.6. The van der Waals surface area contributed by atoms with E-state index in [1.165, 1.54) is 18.2 Å². The van der Waals surface area contributed by atoms with E-state index in [1.54, 1.807) is 47.3 Å². The van der Waals surface area contributed by atoms with Crippen molar-refractivity contribution in [1.29, 1.82) is 0 Å². The van der Waals surface area contributed by atoms with E-state index in [1.807, 2.05) is 0 Å². The number of nitrogens with zero attached hydrogens (tertiary/aromatic N) is 2. The summed E-state index contributed by atoms with van der Waals surface area (Å²) in [6, 6.07) is 11.9. The number of rotatable bonds is 5. The predicted molar refractivity (Wildman–Crippen MR) is 86.2 cm³/mol. The molecule has 24 heavy (non-hydrogen) atoms. The molecule has 2 N–H and O–H groups in total. The third-order valence-corrected chi connectivity index (χ3v) is 3.83. The number of halogens is 1. The second kappa shape index (κ2) is 6.64. The summed E-state index contributed by atoms with van der Waals surface area (Å²) in [5.74, 6) is -0.989. The number of carboxylic acid groups (broad SMARTS) is 1. The number of benzene rings is 2. The van der Waals surface area contributed by atoms with E-state index in [4.69, 9.17) is 0 Å². The highest BCUT2D eigenvalue weighted by atomic mass is 19.1. The Balaban J connectivity index is 2.10. The molecule has 3 rings (SSSR count). The third-order valence-electron chi connectivity index (χ3n) is 3.83. The number of aromatic carboxylic acids is 1. The summed E-state index contributed by atoms with van der Waals surface area (Å²) in [6.07, 6.45) is 3.21. The van der Waals surface area contributed by atoms with Gasteiger partial charge in [0.2, 0.25) is 0 Å². The summed E-state index contributed by atoms with van der Waals surface area (Å²) in [4.78, 5) is 15.7. The molecule has 2 aromatic carbocycles. The SMILES string of the molecule is O=C(O)c1ccccc1-c1nccn1C(CO)c1ccc(F)cc1. The van der Waals surface area contributed by atoms with Crippen molar-refractivity contribution < 1.29 is 19.4 Å². The Morgan fingerprint density at radius 2 is 1.88 bits per heavy atom. The van der Waals surface area contributed by atoms with Crippen molar-refractivity contribution in [2.45, 2.75) is 6.04 Å². The second-order valence-electron chi connectivity index (χ2n) is 5.26. The van der Waals surface area contributed by atoms with Crippen LogP contribution >= 0.6 is 0 Å². The number of hydrogen-bond donors (Lipinski definition) is 2. The van der Waals surface area contributed by atoms with E-state index in [9.17, 15) is 19.4 Å². The first kappa shape index (κ1) is 15.9. The number of hydrogen-bond acceptors (Lipinski definition) is 3. The monoisotopic (exact) mass is 326 g/mol. The lowest BCUT2D eigenvalue weighted by molar-refractivity contribution is 0.0697.